The molecule has 0 aliphatic heterocycles. The number of urea groups is 1. The molecule has 0 fully saturated rings. The van der Waals surface area contributed by atoms with Crippen LogP contribution >= 0.6 is 0 Å². The molecule has 2 amide bonds. The zero-order valence-electron chi connectivity index (χ0n) is 11.8. The number of nitrogens with one attached hydrogen (secondary N) is 4. The number of hydrogen-bond donors (Lipinski definition) is 3. The van der Waals surface area contributed by atoms with Crippen LogP contribution in [0.3, 0.4) is 0 Å². The molecule has 0 aromatic carbocycles. The zero-order chi connectivity index (χ0) is 14.5. The Hall–Kier alpha value is -1.34. The second kappa shape index (κ2) is 11.7. The molecule has 7 heteroatoms. The fraction of sp³-hybridized carbons (Fsp3) is 0.833. The predicted octanol–water partition coefficient (Wildman–Crippen LogP) is 0.659. The molecular weight excluding hydrogens is 248 g/mol. The Morgan fingerprint density at radius 2 is 2.00 bits per heavy atom. The Balaban J connectivity index is 4.16. The summed E-state index contributed by atoms with van der Waals surface area (Å²) in [5.74, 6) is -0.409. The van der Waals surface area contributed by atoms with E-state index in [4.69, 9.17) is 10.5 Å². The van der Waals surface area contributed by atoms with Gasteiger partial charge in [0.15, 0.2) is 0 Å². The molecule has 0 saturated heterocycles. The van der Waals surface area contributed by atoms with Crippen LogP contribution in [-0.4, -0.2) is 51.3 Å². The van der Waals surface area contributed by atoms with Gasteiger partial charge in [-0.25, -0.2) is 9.59 Å². The van der Waals surface area contributed by atoms with E-state index in [0.29, 0.717) is 13.0 Å². The molecule has 0 aliphatic carbocycles. The summed E-state index contributed by atoms with van der Waals surface area (Å²) in [5.41, 5.74) is 6.94. The van der Waals surface area contributed by atoms with Crippen LogP contribution in [0.1, 0.15) is 26.2 Å². The highest BCUT2D eigenvalue weighted by Crippen LogP contribution is 2.03. The van der Waals surface area contributed by atoms with E-state index >= 15 is 0 Å². The number of esters is 1. The first-order chi connectivity index (χ1) is 9.15. The second-order valence-electron chi connectivity index (χ2n) is 4.05. The van der Waals surface area contributed by atoms with Crippen molar-refractivity contribution < 1.29 is 14.3 Å². The van der Waals surface area contributed by atoms with Crippen molar-refractivity contribution in [3.05, 3.63) is 5.73 Å². The van der Waals surface area contributed by atoms with E-state index in [9.17, 15) is 9.59 Å². The molecule has 1 atom stereocenters. The smallest absolute Gasteiger partial charge is 0.328 e. The summed E-state index contributed by atoms with van der Waals surface area (Å²) in [6.45, 7) is 3.28. The van der Waals surface area contributed by atoms with Crippen molar-refractivity contribution in [2.75, 3.05) is 33.3 Å². The van der Waals surface area contributed by atoms with Gasteiger partial charge in [0.1, 0.15) is 6.04 Å². The van der Waals surface area contributed by atoms with Gasteiger partial charge in [-0.2, -0.15) is 0 Å². The minimum absolute atomic E-state index is 0.111. The molecule has 0 aromatic heterocycles. The third kappa shape index (κ3) is 9.26. The summed E-state index contributed by atoms with van der Waals surface area (Å²) in [4.78, 5) is 23.2. The van der Waals surface area contributed by atoms with Crippen LogP contribution in [0, 0.1) is 0 Å². The van der Waals surface area contributed by atoms with E-state index in [0.717, 1.165) is 19.4 Å². The number of hydrogen-bond acceptors (Lipinski definition) is 4. The minimum Gasteiger partial charge on any atom is -0.676 e. The highest BCUT2D eigenvalue weighted by Gasteiger charge is 2.21. The number of ether oxygens (including phenoxy) is 1. The van der Waals surface area contributed by atoms with Gasteiger partial charge in [0.2, 0.25) is 0 Å². The van der Waals surface area contributed by atoms with Crippen LogP contribution in [-0.2, 0) is 9.53 Å². The molecule has 112 valence electrons. The molecule has 0 saturated carbocycles. The molecule has 0 radical (unpaired) electrons. The number of carbonyl (C=O) groups excluding carboxylic acids is 2. The summed E-state index contributed by atoms with van der Waals surface area (Å²) in [7, 11) is 1.87. The molecule has 0 aliphatic rings. The molecule has 4 N–H and O–H groups in total. The van der Waals surface area contributed by atoms with Crippen molar-refractivity contribution in [2.24, 2.45) is 0 Å². The third-order valence-electron chi connectivity index (χ3n) is 2.46. The monoisotopic (exact) mass is 273 g/mol. The maximum Gasteiger partial charge on any atom is 0.328 e. The van der Waals surface area contributed by atoms with Crippen LogP contribution in [0.5, 0.6) is 0 Å². The van der Waals surface area contributed by atoms with Crippen molar-refractivity contribution in [3.8, 4) is 0 Å². The van der Waals surface area contributed by atoms with Gasteiger partial charge >= 0.3 is 12.0 Å². The number of rotatable bonds is 10. The average Bonchev–Trinajstić information content (AvgIpc) is 2.40. The SMILES string of the molecule is CCOC(=O)[C@H](CCCCNC)NC(=O)NCC[NH-]. The number of amides is 2. The predicted molar refractivity (Wildman–Crippen MR) is 73.9 cm³/mol. The lowest BCUT2D eigenvalue weighted by Crippen LogP contribution is -2.47. The standard InChI is InChI=1S/C12H25N4O3/c1-3-19-11(17)10(6-4-5-8-14-2)16-12(18)15-9-7-13/h10,13-14H,3-9H2,1-2H3,(H2,15,16,18)/q-1/t10-/m0/s1. The van der Waals surface area contributed by atoms with Gasteiger partial charge in [-0.3, -0.25) is 0 Å². The molecule has 0 aromatic rings. The number of carbonyl (C=O) groups is 2. The topological polar surface area (TPSA) is 103 Å². The lowest BCUT2D eigenvalue weighted by molar-refractivity contribution is -0.145. The van der Waals surface area contributed by atoms with Crippen molar-refractivity contribution in [2.45, 2.75) is 32.2 Å². The van der Waals surface area contributed by atoms with Gasteiger partial charge in [0.25, 0.3) is 0 Å². The van der Waals surface area contributed by atoms with E-state index in [1.54, 1.807) is 6.92 Å². The molecule has 19 heavy (non-hydrogen) atoms. The van der Waals surface area contributed by atoms with Crippen molar-refractivity contribution >= 4 is 12.0 Å². The third-order valence-corrected chi connectivity index (χ3v) is 2.46. The van der Waals surface area contributed by atoms with Gasteiger partial charge in [0, 0.05) is 6.54 Å². The molecule has 0 spiro atoms. The van der Waals surface area contributed by atoms with E-state index in [1.807, 2.05) is 7.05 Å². The van der Waals surface area contributed by atoms with E-state index in [1.165, 1.54) is 0 Å². The van der Waals surface area contributed by atoms with Crippen LogP contribution in [0.25, 0.3) is 5.73 Å². The second-order valence-corrected chi connectivity index (χ2v) is 4.05. The summed E-state index contributed by atoms with van der Waals surface area (Å²) < 4.78 is 4.93. The Bertz CT molecular complexity index is 261. The summed E-state index contributed by atoms with van der Waals surface area (Å²) in [5, 5.41) is 8.12. The summed E-state index contributed by atoms with van der Waals surface area (Å²) in [6, 6.07) is -1.05. The Morgan fingerprint density at radius 1 is 1.26 bits per heavy atom. The van der Waals surface area contributed by atoms with Gasteiger partial charge in [-0.15, -0.1) is 6.54 Å². The zero-order valence-corrected chi connectivity index (χ0v) is 11.8. The van der Waals surface area contributed by atoms with Crippen molar-refractivity contribution in [1.29, 1.82) is 0 Å². The lowest BCUT2D eigenvalue weighted by Gasteiger charge is -2.18. The Kier molecular flexibility index (Phi) is 10.9. The van der Waals surface area contributed by atoms with Crippen LogP contribution < -0.4 is 16.0 Å². The van der Waals surface area contributed by atoms with Crippen molar-refractivity contribution in [1.82, 2.24) is 16.0 Å². The Morgan fingerprint density at radius 3 is 2.58 bits per heavy atom. The maximum absolute atomic E-state index is 11.7. The molecular formula is C12H25N4O3-. The van der Waals surface area contributed by atoms with E-state index in [2.05, 4.69) is 16.0 Å². The number of unbranched alkanes of at least 4 members (excludes halogenated alkanes) is 1. The van der Waals surface area contributed by atoms with Crippen LogP contribution in [0.15, 0.2) is 0 Å². The quantitative estimate of drug-likeness (QED) is 0.402. The Labute approximate surface area is 114 Å². The highest BCUT2D eigenvalue weighted by molar-refractivity contribution is 5.83. The molecule has 0 bridgehead atoms. The molecule has 0 unspecified atom stereocenters. The van der Waals surface area contributed by atoms with Gasteiger partial charge in [-0.05, 0) is 39.8 Å². The summed E-state index contributed by atoms with van der Waals surface area (Å²) >= 11 is 0. The largest absolute Gasteiger partial charge is 0.676 e. The van der Waals surface area contributed by atoms with E-state index < -0.39 is 18.0 Å². The fourth-order valence-corrected chi connectivity index (χ4v) is 1.53. The molecule has 0 heterocycles. The van der Waals surface area contributed by atoms with Crippen LogP contribution in [0.2, 0.25) is 0 Å². The van der Waals surface area contributed by atoms with Gasteiger partial charge in [0.05, 0.1) is 6.61 Å². The molecule has 0 rings (SSSR count). The highest BCUT2D eigenvalue weighted by atomic mass is 16.5. The normalized spacial score (nSPS) is 11.7. The molecule has 7 nitrogen and oxygen atoms in total. The first-order valence-corrected chi connectivity index (χ1v) is 6.65. The summed E-state index contributed by atoms with van der Waals surface area (Å²) in [6.07, 6.45) is 2.31. The van der Waals surface area contributed by atoms with Crippen LogP contribution in [0.4, 0.5) is 4.79 Å². The maximum atomic E-state index is 11.7. The van der Waals surface area contributed by atoms with Gasteiger partial charge < -0.3 is 26.4 Å². The average molecular weight is 273 g/mol. The lowest BCUT2D eigenvalue weighted by atomic mass is 10.1. The van der Waals surface area contributed by atoms with Gasteiger partial charge in [-0.1, -0.05) is 0 Å². The first-order valence-electron chi connectivity index (χ1n) is 6.65. The first kappa shape index (κ1) is 17.7. The van der Waals surface area contributed by atoms with E-state index in [-0.39, 0.29) is 13.1 Å². The van der Waals surface area contributed by atoms with Crippen molar-refractivity contribution in [3.63, 3.8) is 0 Å². The minimum atomic E-state index is -0.623. The fourth-order valence-electron chi connectivity index (χ4n) is 1.53.